The van der Waals surface area contributed by atoms with Crippen LogP contribution in [-0.2, 0) is 4.79 Å². The van der Waals surface area contributed by atoms with Crippen molar-refractivity contribution in [2.24, 2.45) is 5.92 Å². The van der Waals surface area contributed by atoms with E-state index >= 15 is 0 Å². The van der Waals surface area contributed by atoms with E-state index < -0.39 is 10.9 Å². The summed E-state index contributed by atoms with van der Waals surface area (Å²) in [5, 5.41) is 22.3. The third kappa shape index (κ3) is 4.38. The highest BCUT2D eigenvalue weighted by Crippen LogP contribution is 2.23. The van der Waals surface area contributed by atoms with Crippen LogP contribution >= 0.6 is 0 Å². The summed E-state index contributed by atoms with van der Waals surface area (Å²) in [6.07, 6.45) is 3.42. The topological polar surface area (TPSA) is 109 Å². The molecule has 0 bridgehead atoms. The average Bonchev–Trinajstić information content (AvgIpc) is 2.47. The van der Waals surface area contributed by atoms with Gasteiger partial charge in [0, 0.05) is 31.9 Å². The molecule has 2 rings (SSSR count). The lowest BCUT2D eigenvalue weighted by Crippen LogP contribution is -2.40. The third-order valence-corrected chi connectivity index (χ3v) is 3.49. The van der Waals surface area contributed by atoms with Crippen molar-refractivity contribution in [1.29, 1.82) is 0 Å². The number of piperidine rings is 1. The van der Waals surface area contributed by atoms with Gasteiger partial charge in [0.1, 0.15) is 5.82 Å². The molecule has 1 aliphatic heterocycles. The van der Waals surface area contributed by atoms with Gasteiger partial charge in [-0.1, -0.05) is 0 Å². The molecular weight excluding hydrogens is 276 g/mol. The molecule has 0 radical (unpaired) electrons. The molecule has 0 aromatic carbocycles. The Hall–Kier alpha value is -2.22. The monoisotopic (exact) mass is 294 g/mol. The van der Waals surface area contributed by atoms with Crippen LogP contribution in [0, 0.1) is 16.0 Å². The second-order valence-corrected chi connectivity index (χ2v) is 5.11. The minimum Gasteiger partial charge on any atom is -0.480 e. The maximum Gasteiger partial charge on any atom is 0.317 e. The maximum absolute atomic E-state index is 10.8. The molecule has 1 aliphatic rings. The lowest BCUT2D eigenvalue weighted by atomic mass is 9.98. The first-order chi connectivity index (χ1) is 10.1. The van der Waals surface area contributed by atoms with Crippen LogP contribution in [0.2, 0.25) is 0 Å². The van der Waals surface area contributed by atoms with E-state index in [2.05, 4.69) is 10.3 Å². The zero-order valence-electron chi connectivity index (χ0n) is 11.6. The molecule has 114 valence electrons. The lowest BCUT2D eigenvalue weighted by Gasteiger charge is -2.33. The Bertz CT molecular complexity index is 523. The Morgan fingerprint density at radius 1 is 1.62 bits per heavy atom. The van der Waals surface area contributed by atoms with Crippen molar-refractivity contribution in [3.8, 4) is 0 Å². The van der Waals surface area contributed by atoms with E-state index in [0.29, 0.717) is 18.3 Å². The summed E-state index contributed by atoms with van der Waals surface area (Å²) < 4.78 is 0. The van der Waals surface area contributed by atoms with Crippen LogP contribution in [0.1, 0.15) is 12.8 Å². The fraction of sp³-hybridized carbons (Fsp3) is 0.538. The smallest absolute Gasteiger partial charge is 0.317 e. The molecule has 0 aliphatic carbocycles. The van der Waals surface area contributed by atoms with Gasteiger partial charge in [0.05, 0.1) is 17.5 Å². The molecule has 2 heterocycles. The summed E-state index contributed by atoms with van der Waals surface area (Å²) >= 11 is 0. The fourth-order valence-electron chi connectivity index (χ4n) is 2.52. The summed E-state index contributed by atoms with van der Waals surface area (Å²) in [7, 11) is 0. The molecule has 1 saturated heterocycles. The van der Waals surface area contributed by atoms with Gasteiger partial charge in [0.15, 0.2) is 0 Å². The third-order valence-electron chi connectivity index (χ3n) is 3.49. The molecule has 0 amide bonds. The van der Waals surface area contributed by atoms with Gasteiger partial charge in [0.25, 0.3) is 5.69 Å². The predicted molar refractivity (Wildman–Crippen MR) is 76.3 cm³/mol. The molecule has 1 aromatic heterocycles. The first-order valence-electron chi connectivity index (χ1n) is 6.84. The Balaban J connectivity index is 1.95. The SMILES string of the molecule is O=C(O)CNCC1CCCN(c2cc([N+](=O)[O-])ccn2)C1. The van der Waals surface area contributed by atoms with Crippen molar-refractivity contribution in [2.45, 2.75) is 12.8 Å². The maximum atomic E-state index is 10.8. The first kappa shape index (κ1) is 15.2. The van der Waals surface area contributed by atoms with Gasteiger partial charge in [-0.25, -0.2) is 4.98 Å². The zero-order chi connectivity index (χ0) is 15.2. The number of hydrogen-bond acceptors (Lipinski definition) is 6. The van der Waals surface area contributed by atoms with E-state index in [1.807, 2.05) is 4.90 Å². The normalized spacial score (nSPS) is 18.5. The number of pyridine rings is 1. The predicted octanol–water partition coefficient (Wildman–Crippen LogP) is 0.880. The highest BCUT2D eigenvalue weighted by molar-refractivity contribution is 5.68. The van der Waals surface area contributed by atoms with E-state index in [9.17, 15) is 14.9 Å². The summed E-state index contributed by atoms with van der Waals surface area (Å²) in [6, 6.07) is 2.85. The van der Waals surface area contributed by atoms with Crippen molar-refractivity contribution < 1.29 is 14.8 Å². The van der Waals surface area contributed by atoms with Crippen LogP contribution < -0.4 is 10.2 Å². The highest BCUT2D eigenvalue weighted by Gasteiger charge is 2.22. The molecule has 1 unspecified atom stereocenters. The van der Waals surface area contributed by atoms with Crippen molar-refractivity contribution >= 4 is 17.5 Å². The van der Waals surface area contributed by atoms with Crippen LogP contribution in [0.4, 0.5) is 11.5 Å². The Morgan fingerprint density at radius 2 is 2.43 bits per heavy atom. The van der Waals surface area contributed by atoms with Gasteiger partial charge in [-0.2, -0.15) is 0 Å². The standard InChI is InChI=1S/C13H18N4O4/c18-13(19)8-14-7-10-2-1-5-16(9-10)12-6-11(17(20)21)3-4-15-12/h3-4,6,10,14H,1-2,5,7-9H2,(H,18,19). The summed E-state index contributed by atoms with van der Waals surface area (Å²) in [5.74, 6) is 0.0503. The number of hydrogen-bond donors (Lipinski definition) is 2. The number of carbonyl (C=O) groups is 1. The minimum atomic E-state index is -0.872. The average molecular weight is 294 g/mol. The molecular formula is C13H18N4O4. The van der Waals surface area contributed by atoms with E-state index in [1.165, 1.54) is 18.3 Å². The fourth-order valence-corrected chi connectivity index (χ4v) is 2.52. The summed E-state index contributed by atoms with van der Waals surface area (Å²) in [5.41, 5.74) is 0.0334. The number of nitrogens with zero attached hydrogens (tertiary/aromatic N) is 3. The van der Waals surface area contributed by atoms with Gasteiger partial charge < -0.3 is 15.3 Å². The van der Waals surface area contributed by atoms with Gasteiger partial charge >= 0.3 is 5.97 Å². The Labute approximate surface area is 121 Å². The van der Waals surface area contributed by atoms with E-state index in [1.54, 1.807) is 0 Å². The molecule has 1 fully saturated rings. The van der Waals surface area contributed by atoms with Gasteiger partial charge in [-0.3, -0.25) is 14.9 Å². The molecule has 2 N–H and O–H groups in total. The quantitative estimate of drug-likeness (QED) is 0.592. The minimum absolute atomic E-state index is 0.0334. The van der Waals surface area contributed by atoms with Gasteiger partial charge in [-0.05, 0) is 18.8 Å². The molecule has 8 nitrogen and oxygen atoms in total. The molecule has 21 heavy (non-hydrogen) atoms. The zero-order valence-corrected chi connectivity index (χ0v) is 11.6. The number of rotatable bonds is 6. The second-order valence-electron chi connectivity index (χ2n) is 5.11. The van der Waals surface area contributed by atoms with Crippen molar-refractivity contribution in [2.75, 3.05) is 31.1 Å². The number of nitro groups is 1. The van der Waals surface area contributed by atoms with Gasteiger partial charge in [0.2, 0.25) is 0 Å². The lowest BCUT2D eigenvalue weighted by molar-refractivity contribution is -0.384. The van der Waals surface area contributed by atoms with E-state index in [0.717, 1.165) is 25.9 Å². The van der Waals surface area contributed by atoms with Crippen molar-refractivity contribution in [3.05, 3.63) is 28.4 Å². The summed E-state index contributed by atoms with van der Waals surface area (Å²) in [4.78, 5) is 27.1. The van der Waals surface area contributed by atoms with Crippen molar-refractivity contribution in [1.82, 2.24) is 10.3 Å². The molecule has 1 aromatic rings. The number of carboxylic acid groups (broad SMARTS) is 1. The van der Waals surface area contributed by atoms with Crippen LogP contribution in [0.5, 0.6) is 0 Å². The van der Waals surface area contributed by atoms with Crippen LogP contribution in [0.3, 0.4) is 0 Å². The Morgan fingerprint density at radius 3 is 3.14 bits per heavy atom. The second kappa shape index (κ2) is 6.98. The first-order valence-corrected chi connectivity index (χ1v) is 6.84. The highest BCUT2D eigenvalue weighted by atomic mass is 16.6. The molecule has 0 saturated carbocycles. The van der Waals surface area contributed by atoms with Crippen LogP contribution in [0.15, 0.2) is 18.3 Å². The van der Waals surface area contributed by atoms with Crippen LogP contribution in [-0.4, -0.2) is 47.2 Å². The van der Waals surface area contributed by atoms with E-state index in [4.69, 9.17) is 5.11 Å². The molecule has 1 atom stereocenters. The summed E-state index contributed by atoms with van der Waals surface area (Å²) in [6.45, 7) is 2.10. The van der Waals surface area contributed by atoms with Gasteiger partial charge in [-0.15, -0.1) is 0 Å². The molecule has 8 heteroatoms. The van der Waals surface area contributed by atoms with E-state index in [-0.39, 0.29) is 12.2 Å². The van der Waals surface area contributed by atoms with Crippen LogP contribution in [0.25, 0.3) is 0 Å². The number of nitrogens with one attached hydrogen (secondary N) is 1. The molecule has 0 spiro atoms. The Kier molecular flexibility index (Phi) is 5.04. The number of anilines is 1. The number of aromatic nitrogens is 1. The van der Waals surface area contributed by atoms with Crippen molar-refractivity contribution in [3.63, 3.8) is 0 Å². The number of carboxylic acids is 1. The largest absolute Gasteiger partial charge is 0.480 e. The number of aliphatic carboxylic acids is 1.